The molecule has 0 unspecified atom stereocenters. The van der Waals surface area contributed by atoms with Crippen LogP contribution in [0, 0.1) is 0 Å². The average Bonchev–Trinajstić information content (AvgIpc) is 3.48. The van der Waals surface area contributed by atoms with E-state index in [-0.39, 0.29) is 11.8 Å². The van der Waals surface area contributed by atoms with Crippen LogP contribution < -0.4 is 15.4 Å². The Bertz CT molecular complexity index is 1430. The molecule has 2 N–H and O–H groups in total. The number of nitrogens with zero attached hydrogens (tertiary/aromatic N) is 4. The van der Waals surface area contributed by atoms with Crippen LogP contribution in [0.3, 0.4) is 0 Å². The molecule has 2 fully saturated rings. The van der Waals surface area contributed by atoms with E-state index in [1.807, 2.05) is 59.6 Å². The van der Waals surface area contributed by atoms with Gasteiger partial charge in [-0.1, -0.05) is 12.1 Å². The van der Waals surface area contributed by atoms with Crippen LogP contribution in [0.25, 0.3) is 16.8 Å². The molecule has 1 aliphatic heterocycles. The van der Waals surface area contributed by atoms with Crippen molar-refractivity contribution in [3.05, 3.63) is 72.4 Å². The molecule has 3 heterocycles. The number of likely N-dealkylation sites (tertiary alicyclic amines) is 1. The first-order chi connectivity index (χ1) is 18.1. The molecule has 0 atom stereocenters. The number of amides is 2. The number of carbonyl (C=O) groups excluding carboxylic acids is 2. The molecule has 0 spiro atoms. The number of anilines is 2. The lowest BCUT2D eigenvalue weighted by molar-refractivity contribution is -0.128. The van der Waals surface area contributed by atoms with Gasteiger partial charge >= 0.3 is 0 Å². The van der Waals surface area contributed by atoms with Crippen molar-refractivity contribution in [3.63, 3.8) is 0 Å². The van der Waals surface area contributed by atoms with E-state index >= 15 is 0 Å². The van der Waals surface area contributed by atoms with Gasteiger partial charge in [0.2, 0.25) is 11.9 Å². The summed E-state index contributed by atoms with van der Waals surface area (Å²) in [7, 11) is 0. The summed E-state index contributed by atoms with van der Waals surface area (Å²) in [4.78, 5) is 30.5. The van der Waals surface area contributed by atoms with E-state index in [1.54, 1.807) is 16.6 Å². The number of carbonyl (C=O) groups is 2. The Morgan fingerprint density at radius 3 is 2.59 bits per heavy atom. The topological polar surface area (TPSA) is 101 Å². The highest BCUT2D eigenvalue weighted by molar-refractivity contribution is 5.95. The summed E-state index contributed by atoms with van der Waals surface area (Å²) in [6.45, 7) is 1.92. The molecule has 1 aliphatic carbocycles. The SMILES string of the molecule is O=C(NC1CC1)c1ccc(Nc2nc3c(-c4ccc(OCCN5CCCC5=O)cc4)cccn3n2)cc1. The molecule has 4 aromatic rings. The van der Waals surface area contributed by atoms with Crippen molar-refractivity contribution < 1.29 is 14.3 Å². The van der Waals surface area contributed by atoms with Gasteiger partial charge in [0, 0.05) is 42.0 Å². The van der Waals surface area contributed by atoms with Crippen molar-refractivity contribution in [2.75, 3.05) is 25.0 Å². The highest BCUT2D eigenvalue weighted by atomic mass is 16.5. The zero-order valence-electron chi connectivity index (χ0n) is 20.4. The smallest absolute Gasteiger partial charge is 0.251 e. The summed E-state index contributed by atoms with van der Waals surface area (Å²) in [5.41, 5.74) is 4.12. The van der Waals surface area contributed by atoms with Gasteiger partial charge in [0.15, 0.2) is 5.65 Å². The van der Waals surface area contributed by atoms with Gasteiger partial charge in [-0.3, -0.25) is 9.59 Å². The molecule has 6 rings (SSSR count). The van der Waals surface area contributed by atoms with E-state index in [4.69, 9.17) is 9.72 Å². The van der Waals surface area contributed by atoms with Crippen LogP contribution in [-0.4, -0.2) is 57.1 Å². The summed E-state index contributed by atoms with van der Waals surface area (Å²) < 4.78 is 7.59. The molecule has 1 saturated heterocycles. The normalized spacial score (nSPS) is 15.2. The van der Waals surface area contributed by atoms with Crippen LogP contribution in [0.15, 0.2) is 66.9 Å². The quantitative estimate of drug-likeness (QED) is 0.363. The maximum atomic E-state index is 12.2. The third-order valence-electron chi connectivity index (χ3n) is 6.64. The zero-order valence-corrected chi connectivity index (χ0v) is 20.4. The molecule has 0 radical (unpaired) electrons. The van der Waals surface area contributed by atoms with Gasteiger partial charge in [-0.05, 0) is 73.4 Å². The molecule has 2 amide bonds. The third kappa shape index (κ3) is 5.25. The Morgan fingerprint density at radius 1 is 1.05 bits per heavy atom. The number of ether oxygens (including phenoxy) is 1. The van der Waals surface area contributed by atoms with Crippen LogP contribution in [-0.2, 0) is 4.79 Å². The van der Waals surface area contributed by atoms with E-state index in [0.717, 1.165) is 54.0 Å². The second-order valence-electron chi connectivity index (χ2n) is 9.43. The largest absolute Gasteiger partial charge is 0.492 e. The van der Waals surface area contributed by atoms with Crippen LogP contribution in [0.2, 0.25) is 0 Å². The Morgan fingerprint density at radius 2 is 1.86 bits per heavy atom. The first kappa shape index (κ1) is 23.0. The molecule has 37 heavy (non-hydrogen) atoms. The first-order valence-corrected chi connectivity index (χ1v) is 12.7. The summed E-state index contributed by atoms with van der Waals surface area (Å²) in [6.07, 6.45) is 5.56. The van der Waals surface area contributed by atoms with Gasteiger partial charge in [-0.15, -0.1) is 5.10 Å². The molecule has 1 saturated carbocycles. The fourth-order valence-electron chi connectivity index (χ4n) is 4.46. The highest BCUT2D eigenvalue weighted by Crippen LogP contribution is 2.27. The van der Waals surface area contributed by atoms with Crippen molar-refractivity contribution in [2.24, 2.45) is 0 Å². The number of fused-ring (bicyclic) bond motifs is 1. The van der Waals surface area contributed by atoms with E-state index in [1.165, 1.54) is 0 Å². The average molecular weight is 497 g/mol. The molecular weight excluding hydrogens is 468 g/mol. The molecule has 0 bridgehead atoms. The van der Waals surface area contributed by atoms with Gasteiger partial charge in [0.25, 0.3) is 5.91 Å². The predicted octanol–water partition coefficient (Wildman–Crippen LogP) is 4.03. The van der Waals surface area contributed by atoms with Crippen LogP contribution in [0.4, 0.5) is 11.6 Å². The number of pyridine rings is 1. The Kier molecular flexibility index (Phi) is 6.18. The fraction of sp³-hybridized carbons (Fsp3) is 0.286. The number of benzene rings is 2. The molecule has 2 aromatic heterocycles. The fourth-order valence-corrected chi connectivity index (χ4v) is 4.46. The number of rotatable bonds is 9. The van der Waals surface area contributed by atoms with Gasteiger partial charge in [-0.25, -0.2) is 4.52 Å². The summed E-state index contributed by atoms with van der Waals surface area (Å²) >= 11 is 0. The first-order valence-electron chi connectivity index (χ1n) is 12.7. The minimum absolute atomic E-state index is 0.0392. The third-order valence-corrected chi connectivity index (χ3v) is 6.64. The zero-order chi connectivity index (χ0) is 25.2. The minimum atomic E-state index is -0.0392. The van der Waals surface area contributed by atoms with Crippen LogP contribution in [0.5, 0.6) is 5.75 Å². The lowest BCUT2D eigenvalue weighted by atomic mass is 10.1. The van der Waals surface area contributed by atoms with E-state index in [9.17, 15) is 9.59 Å². The van der Waals surface area contributed by atoms with Crippen molar-refractivity contribution in [2.45, 2.75) is 31.7 Å². The second kappa shape index (κ2) is 9.93. The maximum Gasteiger partial charge on any atom is 0.251 e. The lowest BCUT2D eigenvalue weighted by Crippen LogP contribution is -2.29. The number of hydrogen-bond donors (Lipinski definition) is 2. The van der Waals surface area contributed by atoms with Crippen molar-refractivity contribution in [3.8, 4) is 16.9 Å². The summed E-state index contributed by atoms with van der Waals surface area (Å²) in [5, 5.41) is 10.8. The maximum absolute atomic E-state index is 12.2. The van der Waals surface area contributed by atoms with Gasteiger partial charge in [-0.2, -0.15) is 4.98 Å². The summed E-state index contributed by atoms with van der Waals surface area (Å²) in [5.74, 6) is 1.41. The Balaban J connectivity index is 1.12. The van der Waals surface area contributed by atoms with E-state index in [0.29, 0.717) is 37.1 Å². The highest BCUT2D eigenvalue weighted by Gasteiger charge is 2.23. The van der Waals surface area contributed by atoms with Crippen LogP contribution in [0.1, 0.15) is 36.0 Å². The molecule has 2 aliphatic rings. The van der Waals surface area contributed by atoms with Crippen molar-refractivity contribution in [1.82, 2.24) is 24.8 Å². The number of aromatic nitrogens is 3. The molecule has 9 heteroatoms. The summed E-state index contributed by atoms with van der Waals surface area (Å²) in [6, 6.07) is 19.4. The van der Waals surface area contributed by atoms with E-state index < -0.39 is 0 Å². The number of hydrogen-bond acceptors (Lipinski definition) is 6. The molecule has 9 nitrogen and oxygen atoms in total. The van der Waals surface area contributed by atoms with Gasteiger partial charge < -0.3 is 20.3 Å². The second-order valence-corrected chi connectivity index (χ2v) is 9.43. The minimum Gasteiger partial charge on any atom is -0.492 e. The lowest BCUT2D eigenvalue weighted by Gasteiger charge is -2.15. The van der Waals surface area contributed by atoms with Gasteiger partial charge in [0.1, 0.15) is 12.4 Å². The number of nitrogens with one attached hydrogen (secondary N) is 2. The van der Waals surface area contributed by atoms with Crippen LogP contribution >= 0.6 is 0 Å². The van der Waals surface area contributed by atoms with E-state index in [2.05, 4.69) is 15.7 Å². The van der Waals surface area contributed by atoms with Crippen molar-refractivity contribution >= 4 is 29.1 Å². The molecule has 2 aromatic carbocycles. The monoisotopic (exact) mass is 496 g/mol. The standard InChI is InChI=1S/C28H28N6O3/c35-25-4-2-15-33(25)17-18-37-23-13-7-19(8-14-23)24-3-1-16-34-26(24)31-28(32-34)30-22-9-5-20(6-10-22)27(36)29-21-11-12-21/h1,3,5-10,13-14,16,21H,2,4,11-12,15,17-18H2,(H,29,36)(H,30,32). The molecule has 188 valence electrons. The van der Waals surface area contributed by atoms with Gasteiger partial charge in [0.05, 0.1) is 6.54 Å². The molecular formula is C28H28N6O3. The Labute approximate surface area is 214 Å². The predicted molar refractivity (Wildman–Crippen MR) is 140 cm³/mol. The van der Waals surface area contributed by atoms with Crippen molar-refractivity contribution in [1.29, 1.82) is 0 Å². The Hall–Kier alpha value is -4.40.